The Balaban J connectivity index is 2.33. The summed E-state index contributed by atoms with van der Waals surface area (Å²) < 4.78 is 0. The standard InChI is InChI=1S/C12H22N2O3S/c1-8-6-14(7-10(8)11(15)16)12(17)13-5-4-9(2)18-3/h8-10H,4-7H2,1-3H3,(H,13,17)(H,15,16). The van der Waals surface area contributed by atoms with Crippen LogP contribution in [0.5, 0.6) is 0 Å². The van der Waals surface area contributed by atoms with E-state index in [4.69, 9.17) is 5.11 Å². The number of urea groups is 1. The minimum absolute atomic E-state index is 0.0263. The molecule has 0 aliphatic carbocycles. The molecule has 1 rings (SSSR count). The van der Waals surface area contributed by atoms with Crippen molar-refractivity contribution in [3.63, 3.8) is 0 Å². The normalized spacial score (nSPS) is 24.9. The van der Waals surface area contributed by atoms with Crippen LogP contribution in [0.1, 0.15) is 20.3 Å². The molecule has 1 saturated heterocycles. The quantitative estimate of drug-likeness (QED) is 0.797. The maximum atomic E-state index is 11.8. The van der Waals surface area contributed by atoms with Gasteiger partial charge in [0, 0.05) is 24.9 Å². The Bertz CT molecular complexity index is 312. The van der Waals surface area contributed by atoms with Gasteiger partial charge in [0.25, 0.3) is 0 Å². The van der Waals surface area contributed by atoms with Crippen LogP contribution in [0.3, 0.4) is 0 Å². The molecule has 2 N–H and O–H groups in total. The average molecular weight is 274 g/mol. The van der Waals surface area contributed by atoms with E-state index >= 15 is 0 Å². The van der Waals surface area contributed by atoms with Crippen molar-refractivity contribution in [1.29, 1.82) is 0 Å². The third-order valence-electron chi connectivity index (χ3n) is 3.45. The Morgan fingerprint density at radius 1 is 1.50 bits per heavy atom. The zero-order chi connectivity index (χ0) is 13.7. The minimum Gasteiger partial charge on any atom is -0.481 e. The van der Waals surface area contributed by atoms with Crippen molar-refractivity contribution in [2.75, 3.05) is 25.9 Å². The summed E-state index contributed by atoms with van der Waals surface area (Å²) in [4.78, 5) is 24.4. The number of carbonyl (C=O) groups excluding carboxylic acids is 1. The number of rotatable bonds is 5. The van der Waals surface area contributed by atoms with Gasteiger partial charge in [-0.25, -0.2) is 4.79 Å². The second-order valence-corrected chi connectivity index (χ2v) is 6.17. The molecule has 0 saturated carbocycles. The second kappa shape index (κ2) is 6.87. The Morgan fingerprint density at radius 2 is 2.17 bits per heavy atom. The summed E-state index contributed by atoms with van der Waals surface area (Å²) in [6.07, 6.45) is 2.98. The molecular formula is C12H22N2O3S. The summed E-state index contributed by atoms with van der Waals surface area (Å²) in [5.41, 5.74) is 0. The van der Waals surface area contributed by atoms with Crippen LogP contribution in [-0.4, -0.2) is 53.1 Å². The van der Waals surface area contributed by atoms with Gasteiger partial charge in [0.2, 0.25) is 0 Å². The van der Waals surface area contributed by atoms with E-state index in [2.05, 4.69) is 12.2 Å². The lowest BCUT2D eigenvalue weighted by Gasteiger charge is -2.17. The van der Waals surface area contributed by atoms with E-state index in [9.17, 15) is 9.59 Å². The van der Waals surface area contributed by atoms with Gasteiger partial charge in [0.15, 0.2) is 0 Å². The number of amides is 2. The number of carboxylic acids is 1. The third-order valence-corrected chi connectivity index (χ3v) is 4.49. The molecular weight excluding hydrogens is 252 g/mol. The van der Waals surface area contributed by atoms with Crippen molar-refractivity contribution < 1.29 is 14.7 Å². The fourth-order valence-corrected chi connectivity index (χ4v) is 2.42. The fourth-order valence-electron chi connectivity index (χ4n) is 2.07. The van der Waals surface area contributed by atoms with Crippen LogP contribution in [0.2, 0.25) is 0 Å². The van der Waals surface area contributed by atoms with Crippen molar-refractivity contribution in [2.24, 2.45) is 11.8 Å². The van der Waals surface area contributed by atoms with Crippen molar-refractivity contribution in [3.8, 4) is 0 Å². The predicted molar refractivity (Wildman–Crippen MR) is 72.9 cm³/mol. The molecule has 104 valence electrons. The molecule has 0 bridgehead atoms. The molecule has 1 aliphatic heterocycles. The zero-order valence-electron chi connectivity index (χ0n) is 11.2. The van der Waals surface area contributed by atoms with E-state index in [1.54, 1.807) is 16.7 Å². The molecule has 1 aliphatic rings. The highest BCUT2D eigenvalue weighted by Crippen LogP contribution is 2.22. The molecule has 2 amide bonds. The fraction of sp³-hybridized carbons (Fsp3) is 0.833. The first-order valence-corrected chi connectivity index (χ1v) is 7.52. The van der Waals surface area contributed by atoms with Crippen LogP contribution in [0.25, 0.3) is 0 Å². The Hall–Kier alpha value is -0.910. The maximum absolute atomic E-state index is 11.8. The van der Waals surface area contributed by atoms with Crippen LogP contribution >= 0.6 is 11.8 Å². The summed E-state index contributed by atoms with van der Waals surface area (Å²) in [6, 6.07) is -0.140. The molecule has 0 aromatic carbocycles. The number of nitrogens with zero attached hydrogens (tertiary/aromatic N) is 1. The summed E-state index contributed by atoms with van der Waals surface area (Å²) in [5.74, 6) is -1.21. The van der Waals surface area contributed by atoms with E-state index < -0.39 is 11.9 Å². The maximum Gasteiger partial charge on any atom is 0.317 e. The monoisotopic (exact) mass is 274 g/mol. The number of aliphatic carboxylic acids is 1. The van der Waals surface area contributed by atoms with Gasteiger partial charge in [-0.3, -0.25) is 4.79 Å². The molecule has 3 atom stereocenters. The van der Waals surface area contributed by atoms with E-state index in [1.807, 2.05) is 13.2 Å². The van der Waals surface area contributed by atoms with E-state index in [0.717, 1.165) is 6.42 Å². The van der Waals surface area contributed by atoms with Gasteiger partial charge in [-0.05, 0) is 18.6 Å². The number of nitrogens with one attached hydrogen (secondary N) is 1. The first-order valence-electron chi connectivity index (χ1n) is 6.24. The van der Waals surface area contributed by atoms with Gasteiger partial charge in [-0.15, -0.1) is 0 Å². The topological polar surface area (TPSA) is 69.6 Å². The summed E-state index contributed by atoms with van der Waals surface area (Å²) >= 11 is 1.77. The van der Waals surface area contributed by atoms with Gasteiger partial charge < -0.3 is 15.3 Å². The number of likely N-dealkylation sites (tertiary alicyclic amines) is 1. The summed E-state index contributed by atoms with van der Waals surface area (Å²) in [7, 11) is 0. The van der Waals surface area contributed by atoms with Gasteiger partial charge >= 0.3 is 12.0 Å². The first kappa shape index (κ1) is 15.1. The van der Waals surface area contributed by atoms with Gasteiger partial charge in [-0.1, -0.05) is 13.8 Å². The molecule has 0 spiro atoms. The van der Waals surface area contributed by atoms with Crippen LogP contribution < -0.4 is 5.32 Å². The SMILES string of the molecule is CSC(C)CCNC(=O)N1CC(C)C(C(=O)O)C1. The zero-order valence-corrected chi connectivity index (χ0v) is 12.0. The number of carbonyl (C=O) groups is 2. The molecule has 0 aromatic heterocycles. The molecule has 3 unspecified atom stereocenters. The highest BCUT2D eigenvalue weighted by atomic mass is 32.2. The smallest absolute Gasteiger partial charge is 0.317 e. The van der Waals surface area contributed by atoms with Crippen molar-refractivity contribution in [2.45, 2.75) is 25.5 Å². The molecule has 1 fully saturated rings. The van der Waals surface area contributed by atoms with E-state index in [1.165, 1.54) is 0 Å². The lowest BCUT2D eigenvalue weighted by Crippen LogP contribution is -2.39. The Kier molecular flexibility index (Phi) is 5.78. The van der Waals surface area contributed by atoms with Crippen LogP contribution in [0, 0.1) is 11.8 Å². The molecule has 6 heteroatoms. The first-order chi connectivity index (χ1) is 8.45. The van der Waals surface area contributed by atoms with Crippen LogP contribution in [0.15, 0.2) is 0 Å². The summed E-state index contributed by atoms with van der Waals surface area (Å²) in [5, 5.41) is 12.4. The molecule has 1 heterocycles. The number of hydrogen-bond acceptors (Lipinski definition) is 3. The average Bonchev–Trinajstić information content (AvgIpc) is 2.71. The van der Waals surface area contributed by atoms with Crippen molar-refractivity contribution in [3.05, 3.63) is 0 Å². The Morgan fingerprint density at radius 3 is 2.67 bits per heavy atom. The minimum atomic E-state index is -0.811. The van der Waals surface area contributed by atoms with E-state index in [-0.39, 0.29) is 11.9 Å². The number of hydrogen-bond donors (Lipinski definition) is 2. The summed E-state index contributed by atoms with van der Waals surface area (Å²) in [6.45, 7) is 5.49. The van der Waals surface area contributed by atoms with Crippen LogP contribution in [0.4, 0.5) is 4.79 Å². The number of carboxylic acid groups (broad SMARTS) is 1. The lowest BCUT2D eigenvalue weighted by atomic mass is 9.99. The van der Waals surface area contributed by atoms with Crippen LogP contribution in [-0.2, 0) is 4.79 Å². The predicted octanol–water partition coefficient (Wildman–Crippen LogP) is 1.49. The number of thioether (sulfide) groups is 1. The lowest BCUT2D eigenvalue weighted by molar-refractivity contribution is -0.142. The van der Waals surface area contributed by atoms with Gasteiger partial charge in [0.1, 0.15) is 0 Å². The molecule has 18 heavy (non-hydrogen) atoms. The van der Waals surface area contributed by atoms with Crippen molar-refractivity contribution >= 4 is 23.8 Å². The second-order valence-electron chi connectivity index (χ2n) is 4.89. The Labute approximate surface area is 112 Å². The van der Waals surface area contributed by atoms with E-state index in [0.29, 0.717) is 24.9 Å². The molecule has 5 nitrogen and oxygen atoms in total. The van der Waals surface area contributed by atoms with Gasteiger partial charge in [-0.2, -0.15) is 11.8 Å². The third kappa shape index (κ3) is 4.08. The van der Waals surface area contributed by atoms with Crippen molar-refractivity contribution in [1.82, 2.24) is 10.2 Å². The highest BCUT2D eigenvalue weighted by molar-refractivity contribution is 7.99. The highest BCUT2D eigenvalue weighted by Gasteiger charge is 2.36. The molecule has 0 aromatic rings. The largest absolute Gasteiger partial charge is 0.481 e. The molecule has 0 radical (unpaired) electrons. The van der Waals surface area contributed by atoms with Gasteiger partial charge in [0.05, 0.1) is 5.92 Å².